The second kappa shape index (κ2) is 4.62. The van der Waals surface area contributed by atoms with Crippen molar-refractivity contribution in [2.45, 2.75) is 30.7 Å². The maximum absolute atomic E-state index is 8.96. The van der Waals surface area contributed by atoms with E-state index in [1.165, 1.54) is 13.8 Å². The summed E-state index contributed by atoms with van der Waals surface area (Å²) in [6, 6.07) is 0. The van der Waals surface area contributed by atoms with Crippen molar-refractivity contribution < 1.29 is 10.6 Å². The predicted octanol–water partition coefficient (Wildman–Crippen LogP) is 1.94. The Balaban J connectivity index is -0.000000245. The lowest BCUT2D eigenvalue weighted by molar-refractivity contribution is 0.0847. The Bertz CT molecular complexity index is 69.9. The van der Waals surface area contributed by atoms with Crippen molar-refractivity contribution in [1.29, 1.82) is 0 Å². The zero-order valence-corrected chi connectivity index (χ0v) is 7.35. The van der Waals surface area contributed by atoms with Crippen LogP contribution in [0.3, 0.4) is 0 Å². The van der Waals surface area contributed by atoms with Gasteiger partial charge in [-0.3, -0.25) is 0 Å². The molecular weight excluding hydrogens is 198 g/mol. The lowest BCUT2D eigenvalue weighted by Crippen LogP contribution is -2.35. The normalized spacial score (nSPS) is 11.4. The summed E-state index contributed by atoms with van der Waals surface area (Å²) in [5.74, 6) is 0. The number of rotatable bonds is 0. The predicted molar refractivity (Wildman–Crippen MR) is 46.9 cm³/mol. The quantitative estimate of drug-likeness (QED) is 0.612. The molecule has 0 aliphatic carbocycles. The van der Waals surface area contributed by atoms with Gasteiger partial charge in [-0.25, -0.2) is 0 Å². The van der Waals surface area contributed by atoms with Crippen LogP contribution in [0.2, 0.25) is 0 Å². The highest BCUT2D eigenvalue weighted by Crippen LogP contribution is 2.37. The molecule has 0 amide bonds. The Kier molecular flexibility index (Phi) is 7.88. The van der Waals surface area contributed by atoms with Gasteiger partial charge in [-0.2, -0.15) is 0 Å². The van der Waals surface area contributed by atoms with Crippen LogP contribution in [-0.2, 0) is 0 Å². The number of halogens is 3. The fraction of sp³-hybridized carbons (Fsp3) is 1.00. The van der Waals surface area contributed by atoms with Crippen LogP contribution in [0.25, 0.3) is 0 Å². The maximum Gasteiger partial charge on any atom is 0.218 e. The molecule has 0 fully saturated rings. The lowest BCUT2D eigenvalue weighted by atomic mass is 10.2. The molecule has 0 aliphatic heterocycles. The van der Waals surface area contributed by atoms with Crippen molar-refractivity contribution in [3.63, 3.8) is 0 Å². The van der Waals surface area contributed by atoms with Gasteiger partial charge in [0, 0.05) is 0 Å². The molecule has 0 spiro atoms. The molecule has 0 atom stereocenters. The molecule has 0 radical (unpaired) electrons. The smallest absolute Gasteiger partial charge is 0.218 e. The van der Waals surface area contributed by atoms with Gasteiger partial charge in [0.15, 0.2) is 0 Å². The second-order valence-electron chi connectivity index (χ2n) is 2.06. The molecule has 0 aliphatic rings. The first-order valence-corrected chi connectivity index (χ1v) is 3.17. The van der Waals surface area contributed by atoms with Crippen LogP contribution in [-0.4, -0.2) is 20.0 Å². The van der Waals surface area contributed by atoms with Crippen LogP contribution >= 0.6 is 34.8 Å². The van der Waals surface area contributed by atoms with Crippen LogP contribution in [0.1, 0.15) is 21.3 Å². The average molecular weight is 212 g/mol. The molecule has 0 aromatic heterocycles. The van der Waals surface area contributed by atoms with Gasteiger partial charge in [0.05, 0.1) is 0 Å². The molecule has 0 bridgehead atoms. The molecule has 0 aromatic carbocycles. The summed E-state index contributed by atoms with van der Waals surface area (Å²) in [6.45, 7) is 2.86. The molecule has 0 saturated heterocycles. The third-order valence-corrected chi connectivity index (χ3v) is 2.08. The summed E-state index contributed by atoms with van der Waals surface area (Å²) in [7, 11) is 0. The standard InChI is InChI=1S/C4H7Cl3O.CH4.H2O/c1-3(2,8)4(5,6)7;;/h8H,1-2H3;1H4;1H2. The van der Waals surface area contributed by atoms with Gasteiger partial charge < -0.3 is 10.6 Å². The van der Waals surface area contributed by atoms with Crippen LogP contribution < -0.4 is 0 Å². The fourth-order valence-electron chi connectivity index (χ4n) is 0. The number of alkyl halides is 3. The molecule has 10 heavy (non-hydrogen) atoms. The summed E-state index contributed by atoms with van der Waals surface area (Å²) in [5, 5.41) is 8.96. The minimum absolute atomic E-state index is 0. The first-order valence-electron chi connectivity index (χ1n) is 2.04. The van der Waals surface area contributed by atoms with Crippen molar-refractivity contribution in [1.82, 2.24) is 0 Å². The molecule has 0 aromatic rings. The van der Waals surface area contributed by atoms with E-state index in [2.05, 4.69) is 0 Å². The monoisotopic (exact) mass is 210 g/mol. The summed E-state index contributed by atoms with van der Waals surface area (Å²) in [4.78, 5) is 0. The lowest BCUT2D eigenvalue weighted by Gasteiger charge is -2.25. The SMILES string of the molecule is C.CC(C)(O)C(Cl)(Cl)Cl.O. The molecule has 66 valence electrons. The fourth-order valence-corrected chi connectivity index (χ4v) is 0. The van der Waals surface area contributed by atoms with Gasteiger partial charge in [0.2, 0.25) is 3.79 Å². The third kappa shape index (κ3) is 5.57. The number of hydrogen-bond acceptors (Lipinski definition) is 1. The maximum atomic E-state index is 8.96. The van der Waals surface area contributed by atoms with Crippen LogP contribution in [0, 0.1) is 0 Å². The minimum atomic E-state index is -1.59. The summed E-state index contributed by atoms with van der Waals surface area (Å²) < 4.78 is -1.59. The topological polar surface area (TPSA) is 51.7 Å². The van der Waals surface area contributed by atoms with E-state index < -0.39 is 9.39 Å². The van der Waals surface area contributed by atoms with E-state index in [4.69, 9.17) is 39.9 Å². The van der Waals surface area contributed by atoms with E-state index >= 15 is 0 Å². The van der Waals surface area contributed by atoms with E-state index in [-0.39, 0.29) is 12.9 Å². The van der Waals surface area contributed by atoms with Crippen LogP contribution in [0.15, 0.2) is 0 Å². The molecule has 2 nitrogen and oxygen atoms in total. The van der Waals surface area contributed by atoms with Gasteiger partial charge in [-0.1, -0.05) is 42.2 Å². The Morgan fingerprint density at radius 1 is 1.10 bits per heavy atom. The van der Waals surface area contributed by atoms with Gasteiger partial charge >= 0.3 is 0 Å². The highest BCUT2D eigenvalue weighted by Gasteiger charge is 2.38. The van der Waals surface area contributed by atoms with Gasteiger partial charge in [0.25, 0.3) is 0 Å². The Morgan fingerprint density at radius 3 is 1.20 bits per heavy atom. The van der Waals surface area contributed by atoms with Crippen molar-refractivity contribution in [2.75, 3.05) is 0 Å². The highest BCUT2D eigenvalue weighted by molar-refractivity contribution is 6.68. The minimum Gasteiger partial charge on any atom is -0.412 e. The van der Waals surface area contributed by atoms with Crippen LogP contribution in [0.5, 0.6) is 0 Å². The largest absolute Gasteiger partial charge is 0.412 e. The van der Waals surface area contributed by atoms with E-state index in [9.17, 15) is 0 Å². The molecule has 0 heterocycles. The van der Waals surface area contributed by atoms with E-state index in [0.29, 0.717) is 0 Å². The molecule has 0 rings (SSSR count). The second-order valence-corrected chi connectivity index (χ2v) is 4.34. The van der Waals surface area contributed by atoms with E-state index in [1.54, 1.807) is 0 Å². The van der Waals surface area contributed by atoms with Crippen molar-refractivity contribution >= 4 is 34.8 Å². The van der Waals surface area contributed by atoms with Crippen molar-refractivity contribution in [2.24, 2.45) is 0 Å². The first-order chi connectivity index (χ1) is 3.25. The summed E-state index contributed by atoms with van der Waals surface area (Å²) in [6.07, 6.45) is 0. The van der Waals surface area contributed by atoms with Crippen LogP contribution in [0.4, 0.5) is 0 Å². The van der Waals surface area contributed by atoms with Crippen molar-refractivity contribution in [3.8, 4) is 0 Å². The van der Waals surface area contributed by atoms with Gasteiger partial charge in [-0.15, -0.1) is 0 Å². The highest BCUT2D eigenvalue weighted by atomic mass is 35.6. The Labute approximate surface area is 76.4 Å². The molecule has 0 saturated carbocycles. The Morgan fingerprint density at radius 2 is 1.20 bits per heavy atom. The van der Waals surface area contributed by atoms with E-state index in [0.717, 1.165) is 0 Å². The van der Waals surface area contributed by atoms with Crippen molar-refractivity contribution in [3.05, 3.63) is 0 Å². The number of aliphatic hydroxyl groups is 1. The first kappa shape index (κ1) is 17.0. The van der Waals surface area contributed by atoms with Gasteiger partial charge in [-0.05, 0) is 13.8 Å². The average Bonchev–Trinajstić information content (AvgIpc) is 1.25. The Hall–Kier alpha value is 0.790. The third-order valence-electron chi connectivity index (χ3n) is 0.694. The molecule has 3 N–H and O–H groups in total. The summed E-state index contributed by atoms with van der Waals surface area (Å²) in [5.41, 5.74) is -1.27. The van der Waals surface area contributed by atoms with Gasteiger partial charge in [0.1, 0.15) is 5.60 Å². The molecular formula is C5H13Cl3O2. The molecule has 0 unspecified atom stereocenters. The zero-order chi connectivity index (χ0) is 7.00. The zero-order valence-electron chi connectivity index (χ0n) is 5.08. The molecule has 5 heteroatoms. The van der Waals surface area contributed by atoms with E-state index in [1.807, 2.05) is 0 Å². The number of hydrogen-bond donors (Lipinski definition) is 1. The summed E-state index contributed by atoms with van der Waals surface area (Å²) >= 11 is 15.9.